The van der Waals surface area contributed by atoms with Crippen LogP contribution in [0.4, 0.5) is 11.8 Å². The Labute approximate surface area is 128 Å². The van der Waals surface area contributed by atoms with Gasteiger partial charge in [0.2, 0.25) is 5.95 Å². The molecule has 0 amide bonds. The molecule has 0 atom stereocenters. The van der Waals surface area contributed by atoms with E-state index in [4.69, 9.17) is 0 Å². The summed E-state index contributed by atoms with van der Waals surface area (Å²) in [5.74, 6) is 1.69. The van der Waals surface area contributed by atoms with E-state index in [2.05, 4.69) is 39.6 Å². The molecule has 1 aliphatic rings. The third kappa shape index (κ3) is 5.87. The summed E-state index contributed by atoms with van der Waals surface area (Å²) in [4.78, 5) is 11.2. The van der Waals surface area contributed by atoms with E-state index in [-0.39, 0.29) is 0 Å². The van der Waals surface area contributed by atoms with Gasteiger partial charge in [-0.05, 0) is 33.9 Å². The van der Waals surface area contributed by atoms with Crippen molar-refractivity contribution in [2.45, 2.75) is 51.5 Å². The summed E-state index contributed by atoms with van der Waals surface area (Å²) in [6.45, 7) is 3.86. The molecule has 0 radical (unpaired) electrons. The van der Waals surface area contributed by atoms with E-state index >= 15 is 0 Å². The lowest BCUT2D eigenvalue weighted by Gasteiger charge is -2.18. The van der Waals surface area contributed by atoms with Crippen molar-refractivity contribution >= 4 is 11.8 Å². The Balaban J connectivity index is 1.93. The Hall–Kier alpha value is -1.36. The minimum absolute atomic E-state index is 0.566. The Morgan fingerprint density at radius 2 is 1.86 bits per heavy atom. The predicted octanol–water partition coefficient (Wildman–Crippen LogP) is 2.89. The second-order valence-corrected chi connectivity index (χ2v) is 6.28. The van der Waals surface area contributed by atoms with Crippen LogP contribution in [0, 0.1) is 6.92 Å². The molecule has 0 aromatic carbocycles. The fourth-order valence-corrected chi connectivity index (χ4v) is 2.75. The normalized spacial score (nSPS) is 16.8. The zero-order valence-electron chi connectivity index (χ0n) is 13.7. The lowest BCUT2D eigenvalue weighted by atomic mass is 10.1. The molecule has 1 saturated carbocycles. The molecular formula is C16H29N5. The van der Waals surface area contributed by atoms with Crippen molar-refractivity contribution in [3.63, 3.8) is 0 Å². The monoisotopic (exact) mass is 291 g/mol. The minimum Gasteiger partial charge on any atom is -0.367 e. The number of nitrogens with zero attached hydrogens (tertiary/aromatic N) is 3. The Kier molecular flexibility index (Phi) is 6.23. The van der Waals surface area contributed by atoms with E-state index in [0.717, 1.165) is 30.5 Å². The summed E-state index contributed by atoms with van der Waals surface area (Å²) in [6.07, 6.45) is 7.92. The van der Waals surface area contributed by atoms with Crippen molar-refractivity contribution in [3.05, 3.63) is 11.8 Å². The van der Waals surface area contributed by atoms with Crippen LogP contribution >= 0.6 is 0 Å². The van der Waals surface area contributed by atoms with Gasteiger partial charge < -0.3 is 15.5 Å². The van der Waals surface area contributed by atoms with Crippen LogP contribution in [-0.4, -0.2) is 48.1 Å². The third-order valence-corrected chi connectivity index (χ3v) is 3.90. The molecule has 0 saturated heterocycles. The number of nitrogens with one attached hydrogen (secondary N) is 2. The Morgan fingerprint density at radius 3 is 2.52 bits per heavy atom. The lowest BCUT2D eigenvalue weighted by molar-refractivity contribution is 0.425. The summed E-state index contributed by atoms with van der Waals surface area (Å²) in [5.41, 5.74) is 1.01. The van der Waals surface area contributed by atoms with E-state index in [1.54, 1.807) is 0 Å². The average Bonchev–Trinajstić information content (AvgIpc) is 2.66. The molecule has 21 heavy (non-hydrogen) atoms. The number of anilines is 2. The highest BCUT2D eigenvalue weighted by Crippen LogP contribution is 2.21. The largest absolute Gasteiger partial charge is 0.367 e. The number of hydrogen-bond acceptors (Lipinski definition) is 5. The van der Waals surface area contributed by atoms with Crippen LogP contribution in [0.1, 0.15) is 44.2 Å². The van der Waals surface area contributed by atoms with Gasteiger partial charge in [-0.1, -0.05) is 25.7 Å². The highest BCUT2D eigenvalue weighted by molar-refractivity contribution is 5.42. The molecule has 2 rings (SSSR count). The molecule has 1 heterocycles. The molecule has 0 unspecified atom stereocenters. The van der Waals surface area contributed by atoms with Gasteiger partial charge in [-0.3, -0.25) is 0 Å². The zero-order chi connectivity index (χ0) is 15.1. The highest BCUT2D eigenvalue weighted by atomic mass is 15.2. The summed E-state index contributed by atoms with van der Waals surface area (Å²) in [6, 6.07) is 2.61. The maximum atomic E-state index is 4.60. The van der Waals surface area contributed by atoms with Gasteiger partial charge in [-0.15, -0.1) is 0 Å². The minimum atomic E-state index is 0.566. The van der Waals surface area contributed by atoms with Crippen molar-refractivity contribution < 1.29 is 0 Å². The van der Waals surface area contributed by atoms with Crippen LogP contribution < -0.4 is 10.6 Å². The zero-order valence-corrected chi connectivity index (χ0v) is 13.7. The van der Waals surface area contributed by atoms with Crippen molar-refractivity contribution in [2.24, 2.45) is 0 Å². The van der Waals surface area contributed by atoms with Crippen molar-refractivity contribution in [1.29, 1.82) is 0 Å². The van der Waals surface area contributed by atoms with Crippen LogP contribution in [0.3, 0.4) is 0 Å². The first-order valence-electron chi connectivity index (χ1n) is 8.14. The van der Waals surface area contributed by atoms with Gasteiger partial charge in [0.15, 0.2) is 0 Å². The maximum Gasteiger partial charge on any atom is 0.224 e. The molecular weight excluding hydrogens is 262 g/mol. The van der Waals surface area contributed by atoms with Crippen LogP contribution in [-0.2, 0) is 0 Å². The summed E-state index contributed by atoms with van der Waals surface area (Å²) >= 11 is 0. The molecule has 2 N–H and O–H groups in total. The summed E-state index contributed by atoms with van der Waals surface area (Å²) < 4.78 is 0. The average molecular weight is 291 g/mol. The fraction of sp³-hybridized carbons (Fsp3) is 0.750. The number of aryl methyl sites for hydroxylation is 1. The van der Waals surface area contributed by atoms with Gasteiger partial charge >= 0.3 is 0 Å². The van der Waals surface area contributed by atoms with Gasteiger partial charge in [0.1, 0.15) is 5.82 Å². The van der Waals surface area contributed by atoms with E-state index in [9.17, 15) is 0 Å². The highest BCUT2D eigenvalue weighted by Gasteiger charge is 2.13. The van der Waals surface area contributed by atoms with Gasteiger partial charge in [0.05, 0.1) is 0 Å². The first-order chi connectivity index (χ1) is 10.1. The van der Waals surface area contributed by atoms with Crippen molar-refractivity contribution in [2.75, 3.05) is 37.8 Å². The van der Waals surface area contributed by atoms with Gasteiger partial charge in [0, 0.05) is 30.9 Å². The summed E-state index contributed by atoms with van der Waals surface area (Å²) in [7, 11) is 4.13. The predicted molar refractivity (Wildman–Crippen MR) is 88.9 cm³/mol. The molecule has 1 aliphatic carbocycles. The Morgan fingerprint density at radius 1 is 1.14 bits per heavy atom. The van der Waals surface area contributed by atoms with Crippen LogP contribution in [0.15, 0.2) is 6.07 Å². The quantitative estimate of drug-likeness (QED) is 0.789. The van der Waals surface area contributed by atoms with Gasteiger partial charge in [-0.25, -0.2) is 4.98 Å². The molecule has 0 aliphatic heterocycles. The van der Waals surface area contributed by atoms with Crippen molar-refractivity contribution in [1.82, 2.24) is 14.9 Å². The molecule has 5 nitrogen and oxygen atoms in total. The van der Waals surface area contributed by atoms with Gasteiger partial charge in [-0.2, -0.15) is 4.98 Å². The first-order valence-corrected chi connectivity index (χ1v) is 8.14. The number of rotatable bonds is 6. The van der Waals surface area contributed by atoms with E-state index in [0.29, 0.717) is 6.04 Å². The van der Waals surface area contributed by atoms with Gasteiger partial charge in [0.25, 0.3) is 0 Å². The topological polar surface area (TPSA) is 53.1 Å². The maximum absolute atomic E-state index is 4.60. The molecule has 118 valence electrons. The number of likely N-dealkylation sites (N-methyl/N-ethyl adjacent to an activating group) is 1. The standard InChI is InChI=1S/C16H29N5/c1-13-12-15(19-14-8-6-4-5-7-9-14)20-16(18-13)17-10-11-21(2)3/h12,14H,4-11H2,1-3H3,(H2,17,18,19,20). The van der Waals surface area contributed by atoms with E-state index in [1.807, 2.05) is 13.0 Å². The molecule has 0 bridgehead atoms. The van der Waals surface area contributed by atoms with E-state index < -0.39 is 0 Å². The lowest BCUT2D eigenvalue weighted by Crippen LogP contribution is -2.22. The second kappa shape index (κ2) is 8.17. The molecule has 0 spiro atoms. The molecule has 1 aromatic heterocycles. The summed E-state index contributed by atoms with van der Waals surface area (Å²) in [5, 5.41) is 6.90. The fourth-order valence-electron chi connectivity index (χ4n) is 2.75. The van der Waals surface area contributed by atoms with Crippen LogP contribution in [0.5, 0.6) is 0 Å². The SMILES string of the molecule is Cc1cc(NC2CCCCCC2)nc(NCCN(C)C)n1. The number of hydrogen-bond donors (Lipinski definition) is 2. The van der Waals surface area contributed by atoms with Crippen LogP contribution in [0.25, 0.3) is 0 Å². The molecule has 1 aromatic rings. The second-order valence-electron chi connectivity index (χ2n) is 6.28. The van der Waals surface area contributed by atoms with E-state index in [1.165, 1.54) is 38.5 Å². The Bertz CT molecular complexity index is 425. The first kappa shape index (κ1) is 16.0. The van der Waals surface area contributed by atoms with Crippen molar-refractivity contribution in [3.8, 4) is 0 Å². The third-order valence-electron chi connectivity index (χ3n) is 3.90. The number of aromatic nitrogens is 2. The smallest absolute Gasteiger partial charge is 0.224 e. The molecule has 5 heteroatoms. The van der Waals surface area contributed by atoms with Crippen LogP contribution in [0.2, 0.25) is 0 Å². The molecule has 1 fully saturated rings.